The van der Waals surface area contributed by atoms with E-state index in [-0.39, 0.29) is 19.3 Å². The van der Waals surface area contributed by atoms with Crippen molar-refractivity contribution in [2.75, 3.05) is 19.8 Å². The fourth-order valence-electron chi connectivity index (χ4n) is 1.04. The van der Waals surface area contributed by atoms with Crippen LogP contribution >= 0.6 is 0 Å². The molecule has 0 radical (unpaired) electrons. The molecule has 0 saturated carbocycles. The van der Waals surface area contributed by atoms with Gasteiger partial charge in [-0.25, -0.2) is 0 Å². The largest absolute Gasteiger partial charge is 0.395 e. The number of aliphatic hydroxyl groups is 2. The molecule has 0 amide bonds. The van der Waals surface area contributed by atoms with Crippen LogP contribution in [0, 0.1) is 0 Å². The maximum atomic E-state index is 8.42. The summed E-state index contributed by atoms with van der Waals surface area (Å²) in [5, 5.41) is 22.9. The van der Waals surface area contributed by atoms with Crippen molar-refractivity contribution < 1.29 is 10.2 Å². The van der Waals surface area contributed by atoms with Gasteiger partial charge in [-0.2, -0.15) is 0 Å². The third kappa shape index (κ3) is 20.0. The number of hydrogen-bond donors (Lipinski definition) is 4. The van der Waals surface area contributed by atoms with E-state index < -0.39 is 0 Å². The van der Waals surface area contributed by atoms with Crippen LogP contribution in [-0.4, -0.2) is 48.1 Å². The average Bonchev–Trinajstić information content (AvgIpc) is 2.12. The van der Waals surface area contributed by atoms with Crippen molar-refractivity contribution in [2.24, 2.45) is 0 Å². The molecule has 0 bridgehead atoms. The Kier molecular flexibility index (Phi) is 13.7. The standard InChI is InChI=1S/C6H15N.C5H13NO2/c1-5(2)7-6(3)4;1-5(4-8)6-2-3-7/h5-7H,1-4H3;5-8H,2-4H2,1H3. The minimum Gasteiger partial charge on any atom is -0.395 e. The summed E-state index contributed by atoms with van der Waals surface area (Å²) >= 11 is 0. The second-order valence-electron chi connectivity index (χ2n) is 4.24. The molecule has 4 nitrogen and oxygen atoms in total. The van der Waals surface area contributed by atoms with Gasteiger partial charge in [-0.05, 0) is 6.92 Å². The van der Waals surface area contributed by atoms with Gasteiger partial charge in [0.15, 0.2) is 0 Å². The predicted octanol–water partition coefficient (Wildman–Crippen LogP) is 0.342. The van der Waals surface area contributed by atoms with Crippen LogP contribution in [0.5, 0.6) is 0 Å². The Hall–Kier alpha value is -0.160. The third-order valence-electron chi connectivity index (χ3n) is 1.55. The van der Waals surface area contributed by atoms with Gasteiger partial charge in [0.05, 0.1) is 13.2 Å². The van der Waals surface area contributed by atoms with Crippen LogP contribution < -0.4 is 10.6 Å². The topological polar surface area (TPSA) is 64.5 Å². The van der Waals surface area contributed by atoms with Gasteiger partial charge in [-0.3, -0.25) is 0 Å². The summed E-state index contributed by atoms with van der Waals surface area (Å²) < 4.78 is 0. The Morgan fingerprint density at radius 1 is 0.933 bits per heavy atom. The maximum absolute atomic E-state index is 8.42. The molecule has 0 aromatic carbocycles. The number of hydrogen-bond acceptors (Lipinski definition) is 4. The molecule has 0 aromatic heterocycles. The fraction of sp³-hybridized carbons (Fsp3) is 1.00. The first-order chi connectivity index (χ1) is 6.93. The molecule has 94 valence electrons. The summed E-state index contributed by atoms with van der Waals surface area (Å²) in [5.41, 5.74) is 0. The molecule has 0 saturated heterocycles. The molecule has 0 heterocycles. The summed E-state index contributed by atoms with van der Waals surface area (Å²) in [6.45, 7) is 11.3. The molecule has 0 aliphatic heterocycles. The van der Waals surface area contributed by atoms with Crippen molar-refractivity contribution in [3.05, 3.63) is 0 Å². The molecule has 0 aliphatic carbocycles. The van der Waals surface area contributed by atoms with Crippen molar-refractivity contribution >= 4 is 0 Å². The number of rotatable bonds is 6. The highest BCUT2D eigenvalue weighted by Crippen LogP contribution is 1.80. The zero-order chi connectivity index (χ0) is 12.3. The minimum absolute atomic E-state index is 0.0992. The minimum atomic E-state index is 0.0992. The first-order valence-corrected chi connectivity index (χ1v) is 5.65. The van der Waals surface area contributed by atoms with E-state index in [9.17, 15) is 0 Å². The quantitative estimate of drug-likeness (QED) is 0.521. The smallest absolute Gasteiger partial charge is 0.0581 e. The Morgan fingerprint density at radius 2 is 1.40 bits per heavy atom. The van der Waals surface area contributed by atoms with Gasteiger partial charge in [0.1, 0.15) is 0 Å². The second-order valence-corrected chi connectivity index (χ2v) is 4.24. The van der Waals surface area contributed by atoms with Crippen molar-refractivity contribution in [3.63, 3.8) is 0 Å². The van der Waals surface area contributed by atoms with Crippen LogP contribution in [0.15, 0.2) is 0 Å². The van der Waals surface area contributed by atoms with E-state index >= 15 is 0 Å². The summed E-state index contributed by atoms with van der Waals surface area (Å²) in [4.78, 5) is 0. The summed E-state index contributed by atoms with van der Waals surface area (Å²) in [6.07, 6.45) is 0. The van der Waals surface area contributed by atoms with Gasteiger partial charge < -0.3 is 20.8 Å². The Labute approximate surface area is 94.1 Å². The van der Waals surface area contributed by atoms with Crippen molar-refractivity contribution in [3.8, 4) is 0 Å². The van der Waals surface area contributed by atoms with Crippen molar-refractivity contribution in [1.82, 2.24) is 10.6 Å². The van der Waals surface area contributed by atoms with Crippen LogP contribution in [0.4, 0.5) is 0 Å². The number of aliphatic hydroxyl groups excluding tert-OH is 2. The Balaban J connectivity index is 0. The molecule has 0 aliphatic rings. The Morgan fingerprint density at radius 3 is 1.60 bits per heavy atom. The maximum Gasteiger partial charge on any atom is 0.0581 e. The van der Waals surface area contributed by atoms with Gasteiger partial charge in [0.2, 0.25) is 0 Å². The zero-order valence-corrected chi connectivity index (χ0v) is 10.7. The van der Waals surface area contributed by atoms with E-state index in [1.807, 2.05) is 6.92 Å². The molecule has 0 fully saturated rings. The summed E-state index contributed by atoms with van der Waals surface area (Å²) in [7, 11) is 0. The van der Waals surface area contributed by atoms with Crippen molar-refractivity contribution in [1.29, 1.82) is 0 Å². The van der Waals surface area contributed by atoms with Crippen LogP contribution in [0.1, 0.15) is 34.6 Å². The highest BCUT2D eigenvalue weighted by molar-refractivity contribution is 4.56. The molecule has 1 unspecified atom stereocenters. The third-order valence-corrected chi connectivity index (χ3v) is 1.55. The van der Waals surface area contributed by atoms with Crippen LogP contribution in [0.2, 0.25) is 0 Å². The molecule has 4 heteroatoms. The van der Waals surface area contributed by atoms with Crippen LogP contribution in [-0.2, 0) is 0 Å². The lowest BCUT2D eigenvalue weighted by molar-refractivity contribution is 0.234. The molecule has 0 aromatic rings. The van der Waals surface area contributed by atoms with Gasteiger partial charge in [0.25, 0.3) is 0 Å². The molecular formula is C11H28N2O2. The molecule has 0 rings (SSSR count). The molecule has 4 N–H and O–H groups in total. The fourth-order valence-corrected chi connectivity index (χ4v) is 1.04. The van der Waals surface area contributed by atoms with E-state index in [0.29, 0.717) is 18.6 Å². The first kappa shape index (κ1) is 17.2. The molecular weight excluding hydrogens is 192 g/mol. The second kappa shape index (κ2) is 11.9. The lowest BCUT2D eigenvalue weighted by atomic mass is 10.3. The van der Waals surface area contributed by atoms with E-state index in [0.717, 1.165) is 0 Å². The predicted molar refractivity (Wildman–Crippen MR) is 65.0 cm³/mol. The molecule has 1 atom stereocenters. The lowest BCUT2D eigenvalue weighted by Gasteiger charge is -2.10. The highest BCUT2D eigenvalue weighted by Gasteiger charge is 1.94. The summed E-state index contributed by atoms with van der Waals surface area (Å²) in [5.74, 6) is 0. The van der Waals surface area contributed by atoms with Gasteiger partial charge in [-0.1, -0.05) is 27.7 Å². The number of nitrogens with one attached hydrogen (secondary N) is 2. The zero-order valence-electron chi connectivity index (χ0n) is 10.7. The summed E-state index contributed by atoms with van der Waals surface area (Å²) in [6, 6.07) is 1.35. The van der Waals surface area contributed by atoms with E-state index in [1.165, 1.54) is 0 Å². The van der Waals surface area contributed by atoms with Crippen LogP contribution in [0.3, 0.4) is 0 Å². The molecule has 15 heavy (non-hydrogen) atoms. The van der Waals surface area contributed by atoms with Gasteiger partial charge >= 0.3 is 0 Å². The monoisotopic (exact) mass is 220 g/mol. The normalized spacial score (nSPS) is 12.6. The Bertz CT molecular complexity index is 113. The van der Waals surface area contributed by atoms with Gasteiger partial charge in [-0.15, -0.1) is 0 Å². The van der Waals surface area contributed by atoms with Crippen LogP contribution in [0.25, 0.3) is 0 Å². The van der Waals surface area contributed by atoms with E-state index in [4.69, 9.17) is 10.2 Å². The molecule has 0 spiro atoms. The van der Waals surface area contributed by atoms with Gasteiger partial charge in [0, 0.05) is 24.7 Å². The highest BCUT2D eigenvalue weighted by atomic mass is 16.3. The first-order valence-electron chi connectivity index (χ1n) is 5.65. The van der Waals surface area contributed by atoms with E-state index in [1.54, 1.807) is 0 Å². The average molecular weight is 220 g/mol. The lowest BCUT2D eigenvalue weighted by Crippen LogP contribution is -2.31. The van der Waals surface area contributed by atoms with Crippen molar-refractivity contribution in [2.45, 2.75) is 52.7 Å². The SMILES string of the molecule is CC(C)NC(C)C.CC(CO)NCCO. The van der Waals surface area contributed by atoms with E-state index in [2.05, 4.69) is 38.3 Å².